The molecule has 0 spiro atoms. The van der Waals surface area contributed by atoms with Gasteiger partial charge in [0.25, 0.3) is 0 Å². The van der Waals surface area contributed by atoms with Gasteiger partial charge in [0.15, 0.2) is 0 Å². The summed E-state index contributed by atoms with van der Waals surface area (Å²) in [6, 6.07) is 0. The topological polar surface area (TPSA) is 65.0 Å². The van der Waals surface area contributed by atoms with Crippen LogP contribution < -0.4 is 0 Å². The molecule has 1 N–H and O–H groups in total. The Morgan fingerprint density at radius 1 is 1.44 bits per heavy atom. The highest BCUT2D eigenvalue weighted by Gasteiger charge is 2.34. The SMILES string of the molecule is CCC(C)C1CCOC1COP(=O)(O)OC(C)C. The van der Waals surface area contributed by atoms with E-state index in [4.69, 9.17) is 13.8 Å². The van der Waals surface area contributed by atoms with Crippen LogP contribution in [0, 0.1) is 11.8 Å². The Morgan fingerprint density at radius 3 is 2.67 bits per heavy atom. The summed E-state index contributed by atoms with van der Waals surface area (Å²) < 4.78 is 27.0. The lowest BCUT2D eigenvalue weighted by atomic mass is 9.87. The molecule has 4 atom stereocenters. The second kappa shape index (κ2) is 7.01. The summed E-state index contributed by atoms with van der Waals surface area (Å²) in [7, 11) is -3.95. The first-order valence-corrected chi connectivity index (χ1v) is 8.12. The van der Waals surface area contributed by atoms with Crippen molar-refractivity contribution in [1.29, 1.82) is 0 Å². The normalized spacial score (nSPS) is 29.4. The van der Waals surface area contributed by atoms with E-state index >= 15 is 0 Å². The van der Waals surface area contributed by atoms with Crippen molar-refractivity contribution >= 4 is 7.82 Å². The van der Waals surface area contributed by atoms with E-state index in [0.717, 1.165) is 12.8 Å². The van der Waals surface area contributed by atoms with Gasteiger partial charge in [-0.15, -0.1) is 0 Å². The number of hydrogen-bond donors (Lipinski definition) is 1. The van der Waals surface area contributed by atoms with Gasteiger partial charge in [0.05, 0.1) is 18.8 Å². The molecular formula is C12H25O5P. The van der Waals surface area contributed by atoms with Crippen LogP contribution in [-0.2, 0) is 18.3 Å². The third-order valence-electron chi connectivity index (χ3n) is 3.38. The number of phosphoric acid groups is 1. The van der Waals surface area contributed by atoms with E-state index in [-0.39, 0.29) is 18.8 Å². The molecule has 1 fully saturated rings. The van der Waals surface area contributed by atoms with Crippen LogP contribution >= 0.6 is 7.82 Å². The molecule has 0 radical (unpaired) electrons. The van der Waals surface area contributed by atoms with Crippen molar-refractivity contribution in [2.24, 2.45) is 11.8 Å². The van der Waals surface area contributed by atoms with Crippen LogP contribution in [0.2, 0.25) is 0 Å². The molecule has 0 aromatic rings. The molecule has 6 heteroatoms. The molecule has 0 aromatic carbocycles. The molecule has 18 heavy (non-hydrogen) atoms. The summed E-state index contributed by atoms with van der Waals surface area (Å²) in [6.07, 6.45) is 1.63. The molecule has 108 valence electrons. The molecule has 5 nitrogen and oxygen atoms in total. The Labute approximate surface area is 109 Å². The van der Waals surface area contributed by atoms with Crippen molar-refractivity contribution < 1.29 is 23.2 Å². The molecule has 1 rings (SSSR count). The van der Waals surface area contributed by atoms with Crippen LogP contribution in [0.1, 0.15) is 40.5 Å². The fourth-order valence-corrected chi connectivity index (χ4v) is 3.18. The quantitative estimate of drug-likeness (QED) is 0.726. The minimum Gasteiger partial charge on any atom is -0.375 e. The summed E-state index contributed by atoms with van der Waals surface area (Å²) in [4.78, 5) is 9.48. The highest BCUT2D eigenvalue weighted by atomic mass is 31.2. The molecule has 0 aromatic heterocycles. The minimum absolute atomic E-state index is 0.101. The Kier molecular flexibility index (Phi) is 6.28. The largest absolute Gasteiger partial charge is 0.472 e. The van der Waals surface area contributed by atoms with Crippen molar-refractivity contribution in [1.82, 2.24) is 0 Å². The molecule has 1 saturated heterocycles. The maximum absolute atomic E-state index is 11.6. The van der Waals surface area contributed by atoms with E-state index in [0.29, 0.717) is 18.4 Å². The predicted molar refractivity (Wildman–Crippen MR) is 69.3 cm³/mol. The van der Waals surface area contributed by atoms with E-state index in [1.54, 1.807) is 13.8 Å². The first-order valence-electron chi connectivity index (χ1n) is 6.63. The number of phosphoric ester groups is 1. The summed E-state index contributed by atoms with van der Waals surface area (Å²) in [5, 5.41) is 0. The number of ether oxygens (including phenoxy) is 1. The third-order valence-corrected chi connectivity index (χ3v) is 4.54. The molecule has 0 amide bonds. The van der Waals surface area contributed by atoms with Crippen molar-refractivity contribution in [3.63, 3.8) is 0 Å². The molecule has 4 unspecified atom stereocenters. The molecule has 0 saturated carbocycles. The molecule has 0 aliphatic carbocycles. The lowest BCUT2D eigenvalue weighted by molar-refractivity contribution is 0.0184. The summed E-state index contributed by atoms with van der Waals surface area (Å²) in [5.74, 6) is 0.930. The Bertz CT molecular complexity index is 294. The summed E-state index contributed by atoms with van der Waals surface area (Å²) >= 11 is 0. The fraction of sp³-hybridized carbons (Fsp3) is 1.00. The van der Waals surface area contributed by atoms with Crippen LogP contribution in [0.5, 0.6) is 0 Å². The molecular weight excluding hydrogens is 255 g/mol. The van der Waals surface area contributed by atoms with Crippen molar-refractivity contribution in [2.45, 2.75) is 52.7 Å². The second-order valence-corrected chi connectivity index (χ2v) is 6.57. The van der Waals surface area contributed by atoms with Gasteiger partial charge in [0, 0.05) is 6.61 Å². The second-order valence-electron chi connectivity index (χ2n) is 5.17. The van der Waals surface area contributed by atoms with Crippen molar-refractivity contribution in [3.8, 4) is 0 Å². The molecule has 1 aliphatic heterocycles. The van der Waals surface area contributed by atoms with Gasteiger partial charge in [-0.1, -0.05) is 20.3 Å². The van der Waals surface area contributed by atoms with Crippen LogP contribution in [-0.4, -0.2) is 30.3 Å². The van der Waals surface area contributed by atoms with Gasteiger partial charge in [-0.25, -0.2) is 4.57 Å². The zero-order valence-corrected chi connectivity index (χ0v) is 12.6. The zero-order valence-electron chi connectivity index (χ0n) is 11.7. The van der Waals surface area contributed by atoms with Crippen LogP contribution in [0.15, 0.2) is 0 Å². The van der Waals surface area contributed by atoms with E-state index in [1.165, 1.54) is 0 Å². The van der Waals surface area contributed by atoms with E-state index in [1.807, 2.05) is 0 Å². The smallest absolute Gasteiger partial charge is 0.375 e. The van der Waals surface area contributed by atoms with Gasteiger partial charge < -0.3 is 9.63 Å². The lowest BCUT2D eigenvalue weighted by Gasteiger charge is -2.24. The van der Waals surface area contributed by atoms with E-state index in [9.17, 15) is 9.46 Å². The third kappa shape index (κ3) is 4.98. The lowest BCUT2D eigenvalue weighted by Crippen LogP contribution is -2.26. The molecule has 1 aliphatic rings. The average molecular weight is 280 g/mol. The zero-order chi connectivity index (χ0) is 13.8. The van der Waals surface area contributed by atoms with Gasteiger partial charge in [0.1, 0.15) is 0 Å². The summed E-state index contributed by atoms with van der Waals surface area (Å²) in [5.41, 5.74) is 0. The van der Waals surface area contributed by atoms with Gasteiger partial charge in [0.2, 0.25) is 0 Å². The van der Waals surface area contributed by atoms with E-state index in [2.05, 4.69) is 13.8 Å². The van der Waals surface area contributed by atoms with Gasteiger partial charge >= 0.3 is 7.82 Å². The maximum atomic E-state index is 11.6. The standard InChI is InChI=1S/C12H25O5P/c1-5-10(4)11-6-7-15-12(11)8-16-18(13,14)17-9(2)3/h9-12H,5-8H2,1-4H3,(H,13,14). The first-order chi connectivity index (χ1) is 8.35. The highest BCUT2D eigenvalue weighted by Crippen LogP contribution is 2.45. The van der Waals surface area contributed by atoms with Crippen LogP contribution in [0.25, 0.3) is 0 Å². The first kappa shape index (κ1) is 16.1. The fourth-order valence-electron chi connectivity index (χ4n) is 2.25. The van der Waals surface area contributed by atoms with Crippen molar-refractivity contribution in [3.05, 3.63) is 0 Å². The van der Waals surface area contributed by atoms with Crippen LogP contribution in [0.4, 0.5) is 0 Å². The Morgan fingerprint density at radius 2 is 2.11 bits per heavy atom. The Balaban J connectivity index is 2.45. The van der Waals surface area contributed by atoms with Gasteiger partial charge in [-0.05, 0) is 32.1 Å². The Hall–Kier alpha value is 0.0700. The van der Waals surface area contributed by atoms with Crippen molar-refractivity contribution in [2.75, 3.05) is 13.2 Å². The minimum atomic E-state index is -3.95. The van der Waals surface area contributed by atoms with Gasteiger partial charge in [-0.2, -0.15) is 0 Å². The number of rotatable bonds is 7. The molecule has 0 bridgehead atoms. The maximum Gasteiger partial charge on any atom is 0.472 e. The van der Waals surface area contributed by atoms with E-state index < -0.39 is 7.82 Å². The summed E-state index contributed by atoms with van der Waals surface area (Å²) in [6.45, 7) is 8.52. The van der Waals surface area contributed by atoms with Crippen LogP contribution in [0.3, 0.4) is 0 Å². The highest BCUT2D eigenvalue weighted by molar-refractivity contribution is 7.47. The van der Waals surface area contributed by atoms with Gasteiger partial charge in [-0.3, -0.25) is 9.05 Å². The number of hydrogen-bond acceptors (Lipinski definition) is 4. The monoisotopic (exact) mass is 280 g/mol. The average Bonchev–Trinajstić information content (AvgIpc) is 2.72. The predicted octanol–water partition coefficient (Wildman–Crippen LogP) is 2.98. The molecule has 1 heterocycles.